The summed E-state index contributed by atoms with van der Waals surface area (Å²) >= 11 is 0. The van der Waals surface area contributed by atoms with Crippen LogP contribution in [0.1, 0.15) is 42.8 Å². The molecule has 0 radical (unpaired) electrons. The molecule has 18 heavy (non-hydrogen) atoms. The highest BCUT2D eigenvalue weighted by molar-refractivity contribution is 5.90. The van der Waals surface area contributed by atoms with E-state index in [4.69, 9.17) is 9.84 Å². The number of esters is 1. The zero-order valence-corrected chi connectivity index (χ0v) is 10.5. The van der Waals surface area contributed by atoms with Crippen LogP contribution in [0.4, 0.5) is 0 Å². The molecule has 1 aromatic rings. The molecule has 0 amide bonds. The zero-order chi connectivity index (χ0) is 13.9. The number of benzene rings is 1. The van der Waals surface area contributed by atoms with Crippen molar-refractivity contribution in [1.82, 2.24) is 0 Å². The molecule has 98 valence electrons. The smallest absolute Gasteiger partial charge is 0.338 e. The Balaban J connectivity index is 2.95. The molecule has 0 aromatic heterocycles. The van der Waals surface area contributed by atoms with Crippen LogP contribution in [0, 0.1) is 0 Å². The number of rotatable bonds is 3. The van der Waals surface area contributed by atoms with Crippen LogP contribution in [-0.4, -0.2) is 27.8 Å². The van der Waals surface area contributed by atoms with Gasteiger partial charge in [-0.15, -0.1) is 0 Å². The average molecular weight is 252 g/mol. The zero-order valence-electron chi connectivity index (χ0n) is 10.5. The third-order valence-corrected chi connectivity index (χ3v) is 2.07. The number of carbonyl (C=O) groups is 2. The summed E-state index contributed by atoms with van der Waals surface area (Å²) in [6.45, 7) is 5.21. The van der Waals surface area contributed by atoms with E-state index in [1.807, 2.05) is 0 Å². The van der Waals surface area contributed by atoms with E-state index in [0.29, 0.717) is 0 Å². The van der Waals surface area contributed by atoms with Crippen molar-refractivity contribution in [3.05, 3.63) is 35.4 Å². The van der Waals surface area contributed by atoms with E-state index in [9.17, 15) is 14.7 Å². The quantitative estimate of drug-likeness (QED) is 0.801. The molecule has 0 bridgehead atoms. The fraction of sp³-hybridized carbons (Fsp3) is 0.385. The van der Waals surface area contributed by atoms with Crippen molar-refractivity contribution >= 4 is 11.9 Å². The van der Waals surface area contributed by atoms with E-state index in [0.717, 1.165) is 0 Å². The van der Waals surface area contributed by atoms with E-state index in [1.165, 1.54) is 24.3 Å². The van der Waals surface area contributed by atoms with E-state index in [2.05, 4.69) is 0 Å². The minimum Gasteiger partial charge on any atom is -0.479 e. The molecule has 1 unspecified atom stereocenters. The second-order valence-electron chi connectivity index (χ2n) is 4.87. The summed E-state index contributed by atoms with van der Waals surface area (Å²) in [7, 11) is 0. The van der Waals surface area contributed by atoms with Gasteiger partial charge in [0.2, 0.25) is 0 Å². The standard InChI is InChI=1S/C13H16O5/c1-13(2,3)18-12(17)9-6-4-5-8(7-9)10(14)11(15)16/h4-7,10,14H,1-3H3,(H,15,16). The third-order valence-electron chi connectivity index (χ3n) is 2.07. The Kier molecular flexibility index (Phi) is 4.08. The second kappa shape index (κ2) is 5.18. The van der Waals surface area contributed by atoms with Gasteiger partial charge in [-0.2, -0.15) is 0 Å². The van der Waals surface area contributed by atoms with Gasteiger partial charge in [-0.1, -0.05) is 12.1 Å². The molecule has 1 rings (SSSR count). The van der Waals surface area contributed by atoms with Gasteiger partial charge in [-0.25, -0.2) is 9.59 Å². The van der Waals surface area contributed by atoms with Crippen LogP contribution in [-0.2, 0) is 9.53 Å². The van der Waals surface area contributed by atoms with Gasteiger partial charge < -0.3 is 14.9 Å². The highest BCUT2D eigenvalue weighted by atomic mass is 16.6. The Morgan fingerprint density at radius 1 is 1.28 bits per heavy atom. The minimum absolute atomic E-state index is 0.144. The lowest BCUT2D eigenvalue weighted by molar-refractivity contribution is -0.146. The molecule has 5 heteroatoms. The maximum absolute atomic E-state index is 11.8. The van der Waals surface area contributed by atoms with E-state index >= 15 is 0 Å². The molecule has 0 saturated heterocycles. The van der Waals surface area contributed by atoms with Crippen molar-refractivity contribution < 1.29 is 24.5 Å². The fourth-order valence-corrected chi connectivity index (χ4v) is 1.32. The molecule has 2 N–H and O–H groups in total. The van der Waals surface area contributed by atoms with E-state index in [1.54, 1.807) is 20.8 Å². The highest BCUT2D eigenvalue weighted by Crippen LogP contribution is 2.17. The Morgan fingerprint density at radius 3 is 2.39 bits per heavy atom. The normalized spacial score (nSPS) is 12.9. The third kappa shape index (κ3) is 3.85. The van der Waals surface area contributed by atoms with Crippen molar-refractivity contribution in [2.24, 2.45) is 0 Å². The first-order valence-electron chi connectivity index (χ1n) is 5.45. The largest absolute Gasteiger partial charge is 0.479 e. The monoisotopic (exact) mass is 252 g/mol. The van der Waals surface area contributed by atoms with Gasteiger partial charge >= 0.3 is 11.9 Å². The summed E-state index contributed by atoms with van der Waals surface area (Å²) in [5, 5.41) is 18.1. The van der Waals surface area contributed by atoms with E-state index < -0.39 is 23.6 Å². The first-order valence-corrected chi connectivity index (χ1v) is 5.45. The molecular formula is C13H16O5. The number of hydrogen-bond acceptors (Lipinski definition) is 4. The lowest BCUT2D eigenvalue weighted by Crippen LogP contribution is -2.24. The van der Waals surface area contributed by atoms with Crippen molar-refractivity contribution in [2.75, 3.05) is 0 Å². The number of hydrogen-bond donors (Lipinski definition) is 2. The number of aliphatic carboxylic acids is 1. The number of carboxylic acid groups (broad SMARTS) is 1. The predicted molar refractivity (Wildman–Crippen MR) is 64.2 cm³/mol. The Labute approximate surface area is 105 Å². The van der Waals surface area contributed by atoms with Crippen molar-refractivity contribution in [2.45, 2.75) is 32.5 Å². The molecule has 1 aromatic carbocycles. The van der Waals surface area contributed by atoms with Gasteiger partial charge in [0.25, 0.3) is 0 Å². The van der Waals surface area contributed by atoms with Gasteiger partial charge in [0.05, 0.1) is 5.56 Å². The minimum atomic E-state index is -1.65. The van der Waals surface area contributed by atoms with Crippen molar-refractivity contribution in [3.8, 4) is 0 Å². The first kappa shape index (κ1) is 14.2. The molecule has 0 aliphatic rings. The van der Waals surface area contributed by atoms with Gasteiger partial charge in [0.15, 0.2) is 6.10 Å². The van der Waals surface area contributed by atoms with Gasteiger partial charge in [-0.3, -0.25) is 0 Å². The molecule has 1 atom stereocenters. The van der Waals surface area contributed by atoms with Crippen LogP contribution in [0.15, 0.2) is 24.3 Å². The number of carbonyl (C=O) groups excluding carboxylic acids is 1. The summed E-state index contributed by atoms with van der Waals surface area (Å²) in [5.41, 5.74) is -0.271. The fourth-order valence-electron chi connectivity index (χ4n) is 1.32. The Hall–Kier alpha value is -1.88. The summed E-state index contributed by atoms with van der Waals surface area (Å²) in [6, 6.07) is 5.76. The molecule has 0 aliphatic heterocycles. The predicted octanol–water partition coefficient (Wildman–Crippen LogP) is 1.76. The van der Waals surface area contributed by atoms with Crippen molar-refractivity contribution in [3.63, 3.8) is 0 Å². The lowest BCUT2D eigenvalue weighted by atomic mass is 10.1. The van der Waals surface area contributed by atoms with Gasteiger partial charge in [-0.05, 0) is 38.5 Å². The molecule has 0 spiro atoms. The molecule has 0 saturated carbocycles. The number of aliphatic hydroxyl groups is 1. The van der Waals surface area contributed by atoms with Crippen LogP contribution >= 0.6 is 0 Å². The lowest BCUT2D eigenvalue weighted by Gasteiger charge is -2.19. The number of aliphatic hydroxyl groups excluding tert-OH is 1. The second-order valence-corrected chi connectivity index (χ2v) is 4.87. The summed E-state index contributed by atoms with van der Waals surface area (Å²) in [6.07, 6.45) is -1.65. The first-order chi connectivity index (χ1) is 8.20. The Bertz CT molecular complexity index is 459. The Morgan fingerprint density at radius 2 is 1.89 bits per heavy atom. The maximum Gasteiger partial charge on any atom is 0.338 e. The highest BCUT2D eigenvalue weighted by Gasteiger charge is 2.20. The topological polar surface area (TPSA) is 83.8 Å². The molecular weight excluding hydrogens is 236 g/mol. The van der Waals surface area contributed by atoms with Crippen LogP contribution in [0.2, 0.25) is 0 Å². The van der Waals surface area contributed by atoms with Crippen molar-refractivity contribution in [1.29, 1.82) is 0 Å². The van der Waals surface area contributed by atoms with Crippen LogP contribution in [0.3, 0.4) is 0 Å². The molecule has 0 fully saturated rings. The van der Waals surface area contributed by atoms with E-state index in [-0.39, 0.29) is 11.1 Å². The van der Waals surface area contributed by atoms with Crippen LogP contribution in [0.5, 0.6) is 0 Å². The van der Waals surface area contributed by atoms with Crippen LogP contribution < -0.4 is 0 Å². The molecule has 5 nitrogen and oxygen atoms in total. The summed E-state index contributed by atoms with van der Waals surface area (Å²) in [4.78, 5) is 22.4. The number of carboxylic acids is 1. The molecule has 0 heterocycles. The SMILES string of the molecule is CC(C)(C)OC(=O)c1cccc(C(O)C(=O)O)c1. The summed E-state index contributed by atoms with van der Waals surface area (Å²) < 4.78 is 5.15. The molecule has 0 aliphatic carbocycles. The number of ether oxygens (including phenoxy) is 1. The van der Waals surface area contributed by atoms with Gasteiger partial charge in [0.1, 0.15) is 5.60 Å². The summed E-state index contributed by atoms with van der Waals surface area (Å²) in [5.74, 6) is -1.92. The van der Waals surface area contributed by atoms with Gasteiger partial charge in [0, 0.05) is 0 Å². The van der Waals surface area contributed by atoms with Crippen LogP contribution in [0.25, 0.3) is 0 Å². The average Bonchev–Trinajstić information content (AvgIpc) is 2.25. The maximum atomic E-state index is 11.8.